The summed E-state index contributed by atoms with van der Waals surface area (Å²) >= 11 is 0. The van der Waals surface area contributed by atoms with Crippen molar-refractivity contribution < 1.29 is 0 Å². The molecular formula is C12H7N3. The van der Waals surface area contributed by atoms with Crippen molar-refractivity contribution in [1.82, 2.24) is 15.0 Å². The third kappa shape index (κ3) is 0.760. The Morgan fingerprint density at radius 1 is 0.867 bits per heavy atom. The highest BCUT2D eigenvalue weighted by atomic mass is 14.8. The van der Waals surface area contributed by atoms with E-state index in [1.54, 1.807) is 6.33 Å². The molecule has 0 unspecified atom stereocenters. The summed E-state index contributed by atoms with van der Waals surface area (Å²) in [4.78, 5) is 11.8. The fraction of sp³-hybridized carbons (Fsp3) is 0. The van der Waals surface area contributed by atoms with Crippen molar-refractivity contribution in [3.63, 3.8) is 0 Å². The van der Waals surface area contributed by atoms with Crippen molar-refractivity contribution >= 4 is 32.7 Å². The molecule has 0 atom stereocenters. The van der Waals surface area contributed by atoms with Gasteiger partial charge in [0.1, 0.15) is 6.33 Å². The van der Waals surface area contributed by atoms with Crippen LogP contribution in [0, 0.1) is 0 Å². The predicted octanol–water partition coefficient (Wildman–Crippen LogP) is 2.70. The summed E-state index contributed by atoms with van der Waals surface area (Å²) in [6, 6.07) is 8.23. The minimum Gasteiger partial charge on any atom is -0.361 e. The normalized spacial score (nSPS) is 12.0. The van der Waals surface area contributed by atoms with Crippen molar-refractivity contribution in [2.45, 2.75) is 0 Å². The summed E-state index contributed by atoms with van der Waals surface area (Å²) in [6.45, 7) is 0. The van der Waals surface area contributed by atoms with E-state index in [0.29, 0.717) is 0 Å². The number of aromatic amines is 1. The quantitative estimate of drug-likeness (QED) is 0.466. The highest BCUT2D eigenvalue weighted by Crippen LogP contribution is 2.31. The van der Waals surface area contributed by atoms with Crippen LogP contribution in [-0.4, -0.2) is 15.0 Å². The summed E-state index contributed by atoms with van der Waals surface area (Å²) in [7, 11) is 0. The smallest absolute Gasteiger partial charge is 0.116 e. The van der Waals surface area contributed by atoms with E-state index < -0.39 is 0 Å². The molecule has 3 nitrogen and oxygen atoms in total. The zero-order valence-corrected chi connectivity index (χ0v) is 7.86. The highest BCUT2D eigenvalue weighted by Gasteiger charge is 2.09. The number of nitrogens with zero attached hydrogens (tertiary/aromatic N) is 2. The molecule has 70 valence electrons. The van der Waals surface area contributed by atoms with Gasteiger partial charge in [0, 0.05) is 27.9 Å². The Hall–Kier alpha value is -2.16. The number of H-pyrrole nitrogens is 1. The van der Waals surface area contributed by atoms with Gasteiger partial charge in [0.15, 0.2) is 0 Å². The van der Waals surface area contributed by atoms with Crippen molar-refractivity contribution in [2.24, 2.45) is 0 Å². The van der Waals surface area contributed by atoms with Gasteiger partial charge in [-0.15, -0.1) is 0 Å². The van der Waals surface area contributed by atoms with E-state index in [2.05, 4.69) is 27.1 Å². The van der Waals surface area contributed by atoms with E-state index in [0.717, 1.165) is 21.9 Å². The van der Waals surface area contributed by atoms with Gasteiger partial charge in [-0.05, 0) is 18.2 Å². The molecule has 0 aliphatic carbocycles. The van der Waals surface area contributed by atoms with E-state index in [4.69, 9.17) is 0 Å². The van der Waals surface area contributed by atoms with Crippen LogP contribution in [0.2, 0.25) is 0 Å². The topological polar surface area (TPSA) is 41.6 Å². The number of benzene rings is 2. The predicted molar refractivity (Wildman–Crippen MR) is 60.1 cm³/mol. The molecule has 1 N–H and O–H groups in total. The first-order valence-electron chi connectivity index (χ1n) is 4.86. The second kappa shape index (κ2) is 2.25. The molecule has 0 amide bonds. The van der Waals surface area contributed by atoms with E-state index in [1.807, 2.05) is 18.3 Å². The summed E-state index contributed by atoms with van der Waals surface area (Å²) in [5, 5.41) is 3.62. The first-order valence-corrected chi connectivity index (χ1v) is 4.86. The Morgan fingerprint density at radius 3 is 2.53 bits per heavy atom. The highest BCUT2D eigenvalue weighted by molar-refractivity contribution is 6.20. The second-order valence-corrected chi connectivity index (χ2v) is 3.72. The van der Waals surface area contributed by atoms with Gasteiger partial charge in [-0.3, -0.25) is 0 Å². The summed E-state index contributed by atoms with van der Waals surface area (Å²) in [5.41, 5.74) is 3.17. The Morgan fingerprint density at radius 2 is 1.67 bits per heavy atom. The third-order valence-corrected chi connectivity index (χ3v) is 2.93. The van der Waals surface area contributed by atoms with Crippen LogP contribution in [0.4, 0.5) is 0 Å². The maximum Gasteiger partial charge on any atom is 0.116 e. The molecule has 2 heterocycles. The lowest BCUT2D eigenvalue weighted by Gasteiger charge is -2.03. The van der Waals surface area contributed by atoms with Crippen LogP contribution in [0.15, 0.2) is 36.8 Å². The van der Waals surface area contributed by atoms with E-state index in [9.17, 15) is 0 Å². The molecule has 0 saturated heterocycles. The van der Waals surface area contributed by atoms with Crippen molar-refractivity contribution in [3.05, 3.63) is 36.8 Å². The fourth-order valence-corrected chi connectivity index (χ4v) is 2.25. The molecule has 0 spiro atoms. The maximum absolute atomic E-state index is 4.29. The van der Waals surface area contributed by atoms with Crippen LogP contribution in [-0.2, 0) is 0 Å². The zero-order valence-electron chi connectivity index (χ0n) is 7.86. The summed E-state index contributed by atoms with van der Waals surface area (Å²) in [5.74, 6) is 0. The summed E-state index contributed by atoms with van der Waals surface area (Å²) < 4.78 is 0. The molecule has 0 saturated carbocycles. The van der Waals surface area contributed by atoms with Crippen LogP contribution >= 0.6 is 0 Å². The first kappa shape index (κ1) is 7.17. The molecule has 0 aliphatic heterocycles. The molecule has 0 bridgehead atoms. The van der Waals surface area contributed by atoms with Gasteiger partial charge >= 0.3 is 0 Å². The molecule has 2 aromatic carbocycles. The average Bonchev–Trinajstić information content (AvgIpc) is 2.71. The molecule has 0 radical (unpaired) electrons. The van der Waals surface area contributed by atoms with Crippen molar-refractivity contribution in [1.29, 1.82) is 0 Å². The third-order valence-electron chi connectivity index (χ3n) is 2.93. The molecule has 4 rings (SSSR count). The Labute approximate surface area is 85.1 Å². The minimum absolute atomic E-state index is 1.01. The van der Waals surface area contributed by atoms with Crippen molar-refractivity contribution in [2.75, 3.05) is 0 Å². The summed E-state index contributed by atoms with van der Waals surface area (Å²) in [6.07, 6.45) is 3.64. The maximum atomic E-state index is 4.29. The fourth-order valence-electron chi connectivity index (χ4n) is 2.25. The number of aromatic nitrogens is 3. The molecule has 15 heavy (non-hydrogen) atoms. The largest absolute Gasteiger partial charge is 0.361 e. The van der Waals surface area contributed by atoms with E-state index >= 15 is 0 Å². The van der Waals surface area contributed by atoms with Gasteiger partial charge in [0.05, 0.1) is 11.0 Å². The zero-order chi connectivity index (χ0) is 9.83. The molecule has 0 aliphatic rings. The van der Waals surface area contributed by atoms with Crippen LogP contribution in [0.5, 0.6) is 0 Å². The lowest BCUT2D eigenvalue weighted by Crippen LogP contribution is -1.85. The van der Waals surface area contributed by atoms with Gasteiger partial charge in [-0.2, -0.15) is 0 Å². The lowest BCUT2D eigenvalue weighted by atomic mass is 10.1. The average molecular weight is 193 g/mol. The van der Waals surface area contributed by atoms with Crippen LogP contribution in [0.1, 0.15) is 0 Å². The minimum atomic E-state index is 1.01. The van der Waals surface area contributed by atoms with Crippen molar-refractivity contribution in [3.8, 4) is 0 Å². The molecular weight excluding hydrogens is 186 g/mol. The number of hydrogen-bond donors (Lipinski definition) is 1. The Balaban J connectivity index is 2.54. The monoisotopic (exact) mass is 193 g/mol. The number of hydrogen-bond acceptors (Lipinski definition) is 2. The van der Waals surface area contributed by atoms with Gasteiger partial charge in [0.25, 0.3) is 0 Å². The number of nitrogens with one attached hydrogen (secondary N) is 1. The first-order chi connectivity index (χ1) is 7.43. The van der Waals surface area contributed by atoms with Gasteiger partial charge in [0.2, 0.25) is 0 Å². The van der Waals surface area contributed by atoms with Crippen LogP contribution in [0.3, 0.4) is 0 Å². The van der Waals surface area contributed by atoms with Crippen LogP contribution < -0.4 is 0 Å². The Bertz CT molecular complexity index is 710. The van der Waals surface area contributed by atoms with Gasteiger partial charge in [-0.25, -0.2) is 9.97 Å². The number of rotatable bonds is 0. The van der Waals surface area contributed by atoms with E-state index in [-0.39, 0.29) is 0 Å². The van der Waals surface area contributed by atoms with Gasteiger partial charge < -0.3 is 4.98 Å². The second-order valence-electron chi connectivity index (χ2n) is 3.72. The Kier molecular flexibility index (Phi) is 1.08. The molecule has 3 heteroatoms. The molecule has 2 aromatic heterocycles. The van der Waals surface area contributed by atoms with E-state index in [1.165, 1.54) is 10.8 Å². The van der Waals surface area contributed by atoms with Crippen LogP contribution in [0.25, 0.3) is 32.7 Å². The van der Waals surface area contributed by atoms with Gasteiger partial charge in [-0.1, -0.05) is 6.07 Å². The molecule has 4 aromatic rings. The standard InChI is InChI=1S/C12H7N3/c1-2-9-12-10(15-6-14-9)4-3-8-11(12)7(1)5-13-8/h1-6,13H. The SMILES string of the molecule is c1nc2ccc3c[nH]c4ccc(n1)c2c34. The lowest BCUT2D eigenvalue weighted by molar-refractivity contribution is 1.26. The molecule has 0 fully saturated rings.